The smallest absolute Gasteiger partial charge is 0.0106 e. The zero-order valence-electron chi connectivity index (χ0n) is 11.4. The average molecular weight is 225 g/mol. The number of nitrogens with two attached hydrogens (primary N) is 5. The summed E-state index contributed by atoms with van der Waals surface area (Å²) < 4.78 is 0. The fraction of sp³-hybridized carbons (Fsp3) is 1.00. The van der Waals surface area contributed by atoms with Gasteiger partial charge in [-0.05, 0) is 32.7 Å². The van der Waals surface area contributed by atoms with Gasteiger partial charge in [0.2, 0.25) is 0 Å². The lowest BCUT2D eigenvalue weighted by molar-refractivity contribution is 1.14. The van der Waals surface area contributed by atoms with Crippen molar-refractivity contribution < 1.29 is 0 Å². The van der Waals surface area contributed by atoms with Crippen LogP contribution in [0.5, 0.6) is 0 Å². The van der Waals surface area contributed by atoms with Crippen LogP contribution >= 0.6 is 0 Å². The van der Waals surface area contributed by atoms with Crippen LogP contribution in [0.15, 0.2) is 0 Å². The van der Waals surface area contributed by atoms with Crippen LogP contribution in [0.2, 0.25) is 0 Å². The summed E-state index contributed by atoms with van der Waals surface area (Å²) in [6, 6.07) is 0. The van der Waals surface area contributed by atoms with Crippen molar-refractivity contribution in [3.05, 3.63) is 0 Å². The van der Waals surface area contributed by atoms with Gasteiger partial charge >= 0.3 is 0 Å². The van der Waals surface area contributed by atoms with Gasteiger partial charge in [-0.25, -0.2) is 0 Å². The first kappa shape index (κ1) is 29.3. The molecule has 5 heteroatoms. The summed E-state index contributed by atoms with van der Waals surface area (Å²) in [5.74, 6) is 0. The third-order valence-electron chi connectivity index (χ3n) is 0. The molecule has 0 fully saturated rings. The van der Waals surface area contributed by atoms with E-state index in [0.717, 1.165) is 32.7 Å². The molecule has 0 saturated carbocycles. The number of hydrogen-bond acceptors (Lipinski definition) is 5. The maximum absolute atomic E-state index is 4.85. The van der Waals surface area contributed by atoms with Crippen LogP contribution in [0.25, 0.3) is 0 Å². The Kier molecular flexibility index (Phi) is 192. The molecule has 0 rings (SSSR count). The normalized spacial score (nSPS) is 6.00. The first-order chi connectivity index (χ1) is 7.07. The van der Waals surface area contributed by atoms with Crippen molar-refractivity contribution in [1.29, 1.82) is 0 Å². The molecule has 0 aromatic rings. The molecule has 0 aromatic carbocycles. The zero-order chi connectivity index (χ0) is 13.5. The predicted octanol–water partition coefficient (Wildman–Crippen LogP) is -0.175. The van der Waals surface area contributed by atoms with Crippen LogP contribution in [-0.2, 0) is 0 Å². The van der Waals surface area contributed by atoms with Crippen molar-refractivity contribution in [2.45, 2.75) is 34.6 Å². The standard InChI is InChI=1S/5C2H7N/c5*1-2-3/h5*2-3H2,1H3. The van der Waals surface area contributed by atoms with Crippen molar-refractivity contribution in [1.82, 2.24) is 0 Å². The Morgan fingerprint density at radius 2 is 0.400 bits per heavy atom. The lowest BCUT2D eigenvalue weighted by Crippen LogP contribution is -1.87. The van der Waals surface area contributed by atoms with Crippen molar-refractivity contribution in [3.63, 3.8) is 0 Å². The molecule has 0 heterocycles. The van der Waals surface area contributed by atoms with E-state index in [-0.39, 0.29) is 0 Å². The predicted molar refractivity (Wildman–Crippen MR) is 73.6 cm³/mol. The first-order valence-electron chi connectivity index (χ1n) is 5.58. The molecule has 0 unspecified atom stereocenters. The van der Waals surface area contributed by atoms with E-state index in [1.807, 2.05) is 34.6 Å². The van der Waals surface area contributed by atoms with Gasteiger partial charge in [-0.1, -0.05) is 34.6 Å². The van der Waals surface area contributed by atoms with E-state index in [0.29, 0.717) is 0 Å². The quantitative estimate of drug-likeness (QED) is 0.390. The van der Waals surface area contributed by atoms with Crippen LogP contribution in [0.4, 0.5) is 0 Å². The highest BCUT2D eigenvalue weighted by atomic mass is 14.5. The minimum absolute atomic E-state index is 0.750. The van der Waals surface area contributed by atoms with E-state index in [1.165, 1.54) is 0 Å². The molecule has 0 amide bonds. The second-order valence-electron chi connectivity index (χ2n) is 2.04. The van der Waals surface area contributed by atoms with Crippen LogP contribution in [0.1, 0.15) is 34.6 Å². The second kappa shape index (κ2) is 98.1. The van der Waals surface area contributed by atoms with Gasteiger partial charge in [0.1, 0.15) is 0 Å². The lowest BCUT2D eigenvalue weighted by Gasteiger charge is -1.53. The summed E-state index contributed by atoms with van der Waals surface area (Å²) in [5.41, 5.74) is 24.2. The molecule has 0 aliphatic heterocycles. The SMILES string of the molecule is CCN.CCN.CCN.CCN.CCN. The van der Waals surface area contributed by atoms with E-state index in [1.54, 1.807) is 0 Å². The van der Waals surface area contributed by atoms with Gasteiger partial charge in [-0.2, -0.15) is 0 Å². The molecule has 10 N–H and O–H groups in total. The molecule has 0 aliphatic rings. The lowest BCUT2D eigenvalue weighted by atomic mass is 10.8. The molecule has 5 nitrogen and oxygen atoms in total. The van der Waals surface area contributed by atoms with Gasteiger partial charge in [0.05, 0.1) is 0 Å². The van der Waals surface area contributed by atoms with Gasteiger partial charge in [0.15, 0.2) is 0 Å². The molecule has 15 heavy (non-hydrogen) atoms. The van der Waals surface area contributed by atoms with Gasteiger partial charge in [0.25, 0.3) is 0 Å². The molecule has 0 radical (unpaired) electrons. The van der Waals surface area contributed by atoms with E-state index in [9.17, 15) is 0 Å². The Bertz CT molecular complexity index is 25.4. The summed E-state index contributed by atoms with van der Waals surface area (Å²) in [6.07, 6.45) is 0. The molecule has 100 valence electrons. The minimum atomic E-state index is 0.750. The maximum Gasteiger partial charge on any atom is -0.0106 e. The topological polar surface area (TPSA) is 130 Å². The third-order valence-corrected chi connectivity index (χ3v) is 0. The molecule has 0 atom stereocenters. The van der Waals surface area contributed by atoms with E-state index >= 15 is 0 Å². The molecule has 0 saturated heterocycles. The summed E-state index contributed by atoms with van der Waals surface area (Å²) in [6.45, 7) is 13.3. The van der Waals surface area contributed by atoms with Crippen molar-refractivity contribution in [2.24, 2.45) is 28.7 Å². The Morgan fingerprint density at radius 3 is 0.400 bits per heavy atom. The summed E-state index contributed by atoms with van der Waals surface area (Å²) in [4.78, 5) is 0. The van der Waals surface area contributed by atoms with Crippen molar-refractivity contribution in [3.8, 4) is 0 Å². The Hall–Kier alpha value is -0.200. The van der Waals surface area contributed by atoms with Crippen LogP contribution in [0.3, 0.4) is 0 Å². The van der Waals surface area contributed by atoms with Gasteiger partial charge < -0.3 is 28.7 Å². The Balaban J connectivity index is -0.0000000278. The first-order valence-corrected chi connectivity index (χ1v) is 5.58. The molecular formula is C10H35N5. The van der Waals surface area contributed by atoms with Crippen LogP contribution in [0, 0.1) is 0 Å². The zero-order valence-corrected chi connectivity index (χ0v) is 11.4. The molecule has 0 aliphatic carbocycles. The summed E-state index contributed by atoms with van der Waals surface area (Å²) >= 11 is 0. The van der Waals surface area contributed by atoms with E-state index in [2.05, 4.69) is 0 Å². The van der Waals surface area contributed by atoms with E-state index in [4.69, 9.17) is 28.7 Å². The Morgan fingerprint density at radius 1 is 0.400 bits per heavy atom. The highest BCUT2D eigenvalue weighted by Crippen LogP contribution is 1.21. The number of rotatable bonds is 0. The molecule has 0 aromatic heterocycles. The highest BCUT2D eigenvalue weighted by molar-refractivity contribution is 4.01. The van der Waals surface area contributed by atoms with Gasteiger partial charge in [-0.3, -0.25) is 0 Å². The Labute approximate surface area is 96.7 Å². The molecular weight excluding hydrogens is 190 g/mol. The monoisotopic (exact) mass is 225 g/mol. The van der Waals surface area contributed by atoms with Crippen molar-refractivity contribution >= 4 is 0 Å². The minimum Gasteiger partial charge on any atom is -0.331 e. The second-order valence-corrected chi connectivity index (χ2v) is 2.04. The van der Waals surface area contributed by atoms with Gasteiger partial charge in [0, 0.05) is 0 Å². The number of hydrogen-bond donors (Lipinski definition) is 5. The fourth-order valence-corrected chi connectivity index (χ4v) is 0. The van der Waals surface area contributed by atoms with E-state index < -0.39 is 0 Å². The largest absolute Gasteiger partial charge is 0.331 e. The van der Waals surface area contributed by atoms with Gasteiger partial charge in [-0.15, -0.1) is 0 Å². The van der Waals surface area contributed by atoms with Crippen LogP contribution < -0.4 is 28.7 Å². The van der Waals surface area contributed by atoms with Crippen molar-refractivity contribution in [2.75, 3.05) is 32.7 Å². The third kappa shape index (κ3) is 48000. The average Bonchev–Trinajstić information content (AvgIpc) is 2.09. The molecule has 0 bridgehead atoms. The maximum atomic E-state index is 4.85. The van der Waals surface area contributed by atoms with Crippen LogP contribution in [-0.4, -0.2) is 32.7 Å². The highest BCUT2D eigenvalue weighted by Gasteiger charge is 1.33. The summed E-state index contributed by atoms with van der Waals surface area (Å²) in [7, 11) is 0. The fourth-order valence-electron chi connectivity index (χ4n) is 0. The molecule has 0 spiro atoms. The summed E-state index contributed by atoms with van der Waals surface area (Å²) in [5, 5.41) is 0.